The monoisotopic (exact) mass is 236 g/mol. The summed E-state index contributed by atoms with van der Waals surface area (Å²) in [6.07, 6.45) is 4.53. The lowest BCUT2D eigenvalue weighted by Crippen LogP contribution is -1.95. The fraction of sp³-hybridized carbons (Fsp3) is 0.300. The fourth-order valence-corrected chi connectivity index (χ4v) is 1.95. The SMILES string of the molecule is NCc1nnc(SCCc2ccncc2)o1. The number of thioether (sulfide) groups is 1. The summed E-state index contributed by atoms with van der Waals surface area (Å²) >= 11 is 1.54. The van der Waals surface area contributed by atoms with Crippen molar-refractivity contribution in [3.05, 3.63) is 36.0 Å². The van der Waals surface area contributed by atoms with Gasteiger partial charge in [-0.2, -0.15) is 0 Å². The highest BCUT2D eigenvalue weighted by molar-refractivity contribution is 7.99. The molecular formula is C10H12N4OS. The van der Waals surface area contributed by atoms with Gasteiger partial charge in [0.25, 0.3) is 5.22 Å². The third-order valence-corrected chi connectivity index (χ3v) is 2.81. The van der Waals surface area contributed by atoms with Gasteiger partial charge in [-0.3, -0.25) is 4.98 Å². The standard InChI is InChI=1S/C10H12N4OS/c11-7-9-13-14-10(15-9)16-6-3-8-1-4-12-5-2-8/h1-2,4-5H,3,6-7,11H2. The van der Waals surface area contributed by atoms with Crippen LogP contribution in [-0.4, -0.2) is 20.9 Å². The average molecular weight is 236 g/mol. The van der Waals surface area contributed by atoms with Crippen LogP contribution in [0.2, 0.25) is 0 Å². The van der Waals surface area contributed by atoms with Gasteiger partial charge in [0.1, 0.15) is 0 Å². The molecule has 0 amide bonds. The first kappa shape index (κ1) is 11.1. The summed E-state index contributed by atoms with van der Waals surface area (Å²) in [6.45, 7) is 0.290. The molecule has 0 bridgehead atoms. The Kier molecular flexibility index (Phi) is 3.90. The molecule has 0 fully saturated rings. The molecule has 0 aromatic carbocycles. The van der Waals surface area contributed by atoms with Crippen LogP contribution in [0.1, 0.15) is 11.5 Å². The summed E-state index contributed by atoms with van der Waals surface area (Å²) in [5, 5.41) is 8.24. The Morgan fingerprint density at radius 3 is 2.75 bits per heavy atom. The van der Waals surface area contributed by atoms with E-state index in [1.165, 1.54) is 17.3 Å². The van der Waals surface area contributed by atoms with Gasteiger partial charge in [0.05, 0.1) is 6.54 Å². The zero-order valence-corrected chi connectivity index (χ0v) is 9.48. The maximum absolute atomic E-state index is 5.37. The van der Waals surface area contributed by atoms with Crippen molar-refractivity contribution in [3.8, 4) is 0 Å². The van der Waals surface area contributed by atoms with E-state index in [-0.39, 0.29) is 6.54 Å². The van der Waals surface area contributed by atoms with E-state index in [9.17, 15) is 0 Å². The van der Waals surface area contributed by atoms with Crippen molar-refractivity contribution in [1.29, 1.82) is 0 Å². The molecule has 2 heterocycles. The van der Waals surface area contributed by atoms with E-state index < -0.39 is 0 Å². The predicted molar refractivity (Wildman–Crippen MR) is 60.9 cm³/mol. The third-order valence-electron chi connectivity index (χ3n) is 1.99. The van der Waals surface area contributed by atoms with Gasteiger partial charge in [-0.1, -0.05) is 11.8 Å². The van der Waals surface area contributed by atoms with Gasteiger partial charge >= 0.3 is 0 Å². The minimum absolute atomic E-state index is 0.290. The molecule has 0 radical (unpaired) electrons. The van der Waals surface area contributed by atoms with Crippen LogP contribution in [0.3, 0.4) is 0 Å². The Hall–Kier alpha value is -1.40. The first-order valence-corrected chi connectivity index (χ1v) is 5.91. The molecule has 0 aliphatic carbocycles. The maximum Gasteiger partial charge on any atom is 0.276 e. The second-order valence-corrected chi connectivity index (χ2v) is 4.17. The Morgan fingerprint density at radius 1 is 1.25 bits per heavy atom. The minimum Gasteiger partial charge on any atom is -0.415 e. The number of aromatic nitrogens is 3. The molecule has 16 heavy (non-hydrogen) atoms. The Morgan fingerprint density at radius 2 is 2.06 bits per heavy atom. The molecule has 84 valence electrons. The van der Waals surface area contributed by atoms with Crippen LogP contribution in [-0.2, 0) is 13.0 Å². The van der Waals surface area contributed by atoms with Crippen LogP contribution < -0.4 is 5.73 Å². The van der Waals surface area contributed by atoms with E-state index in [0.29, 0.717) is 11.1 Å². The van der Waals surface area contributed by atoms with Crippen molar-refractivity contribution in [2.75, 3.05) is 5.75 Å². The summed E-state index contributed by atoms with van der Waals surface area (Å²) < 4.78 is 5.27. The van der Waals surface area contributed by atoms with Crippen LogP contribution in [0.15, 0.2) is 34.2 Å². The van der Waals surface area contributed by atoms with Crippen molar-refractivity contribution in [1.82, 2.24) is 15.2 Å². The van der Waals surface area contributed by atoms with Crippen molar-refractivity contribution < 1.29 is 4.42 Å². The minimum atomic E-state index is 0.290. The van der Waals surface area contributed by atoms with Crippen LogP contribution in [0.25, 0.3) is 0 Å². The number of rotatable bonds is 5. The number of aryl methyl sites for hydroxylation is 1. The summed E-state index contributed by atoms with van der Waals surface area (Å²) in [6, 6.07) is 4.00. The van der Waals surface area contributed by atoms with E-state index in [0.717, 1.165) is 12.2 Å². The zero-order valence-electron chi connectivity index (χ0n) is 8.67. The lowest BCUT2D eigenvalue weighted by atomic mass is 10.2. The topological polar surface area (TPSA) is 77.8 Å². The van der Waals surface area contributed by atoms with Crippen molar-refractivity contribution >= 4 is 11.8 Å². The molecule has 6 heteroatoms. The average Bonchev–Trinajstić information content (AvgIpc) is 2.78. The predicted octanol–water partition coefficient (Wildman–Crippen LogP) is 1.26. The molecule has 2 N–H and O–H groups in total. The summed E-state index contributed by atoms with van der Waals surface area (Å²) in [4.78, 5) is 3.96. The summed E-state index contributed by atoms with van der Waals surface area (Å²) in [5.74, 6) is 1.38. The highest BCUT2D eigenvalue weighted by atomic mass is 32.2. The molecule has 0 atom stereocenters. The summed E-state index contributed by atoms with van der Waals surface area (Å²) in [7, 11) is 0. The maximum atomic E-state index is 5.37. The van der Waals surface area contributed by atoms with Gasteiger partial charge in [0.2, 0.25) is 5.89 Å². The van der Waals surface area contributed by atoms with Gasteiger partial charge in [0.15, 0.2) is 0 Å². The Labute approximate surface area is 97.5 Å². The molecule has 0 unspecified atom stereocenters. The molecule has 5 nitrogen and oxygen atoms in total. The van der Waals surface area contributed by atoms with Crippen molar-refractivity contribution in [3.63, 3.8) is 0 Å². The van der Waals surface area contributed by atoms with E-state index in [2.05, 4.69) is 15.2 Å². The lowest BCUT2D eigenvalue weighted by molar-refractivity contribution is 0.415. The molecular weight excluding hydrogens is 224 g/mol. The van der Waals surface area contributed by atoms with Crippen LogP contribution in [0.4, 0.5) is 0 Å². The van der Waals surface area contributed by atoms with Crippen LogP contribution >= 0.6 is 11.8 Å². The zero-order chi connectivity index (χ0) is 11.2. The Bertz CT molecular complexity index is 431. The van der Waals surface area contributed by atoms with Crippen molar-refractivity contribution in [2.24, 2.45) is 5.73 Å². The molecule has 0 saturated heterocycles. The van der Waals surface area contributed by atoms with Gasteiger partial charge in [-0.25, -0.2) is 0 Å². The van der Waals surface area contributed by atoms with Gasteiger partial charge in [0, 0.05) is 18.1 Å². The molecule has 0 aliphatic heterocycles. The molecule has 0 spiro atoms. The van der Waals surface area contributed by atoms with Crippen molar-refractivity contribution in [2.45, 2.75) is 18.2 Å². The van der Waals surface area contributed by atoms with E-state index in [4.69, 9.17) is 10.2 Å². The van der Waals surface area contributed by atoms with Crippen LogP contribution in [0.5, 0.6) is 0 Å². The van der Waals surface area contributed by atoms with Gasteiger partial charge in [-0.05, 0) is 24.1 Å². The number of hydrogen-bond acceptors (Lipinski definition) is 6. The molecule has 2 aromatic heterocycles. The summed E-state index contributed by atoms with van der Waals surface area (Å²) in [5.41, 5.74) is 6.62. The normalized spacial score (nSPS) is 10.6. The fourth-order valence-electron chi connectivity index (χ4n) is 1.18. The Balaban J connectivity index is 1.80. The largest absolute Gasteiger partial charge is 0.415 e. The van der Waals surface area contributed by atoms with E-state index >= 15 is 0 Å². The lowest BCUT2D eigenvalue weighted by Gasteiger charge is -1.97. The smallest absolute Gasteiger partial charge is 0.276 e. The number of hydrogen-bond donors (Lipinski definition) is 1. The van der Waals surface area contributed by atoms with E-state index in [1.54, 1.807) is 12.4 Å². The van der Waals surface area contributed by atoms with E-state index in [1.807, 2.05) is 12.1 Å². The highest BCUT2D eigenvalue weighted by Crippen LogP contribution is 2.17. The first-order chi connectivity index (χ1) is 7.88. The first-order valence-electron chi connectivity index (χ1n) is 4.92. The molecule has 0 aliphatic rings. The molecule has 0 saturated carbocycles. The molecule has 2 rings (SSSR count). The second kappa shape index (κ2) is 5.62. The van der Waals surface area contributed by atoms with Gasteiger partial charge < -0.3 is 10.2 Å². The van der Waals surface area contributed by atoms with Crippen LogP contribution in [0, 0.1) is 0 Å². The number of nitrogens with zero attached hydrogens (tertiary/aromatic N) is 3. The third kappa shape index (κ3) is 3.04. The second-order valence-electron chi connectivity index (χ2n) is 3.12. The molecule has 2 aromatic rings. The quantitative estimate of drug-likeness (QED) is 0.787. The number of nitrogens with two attached hydrogens (primary N) is 1. The highest BCUT2D eigenvalue weighted by Gasteiger charge is 2.04. The van der Waals surface area contributed by atoms with Gasteiger partial charge in [-0.15, -0.1) is 10.2 Å². The number of pyridine rings is 1.